The summed E-state index contributed by atoms with van der Waals surface area (Å²) < 4.78 is 6.49. The number of benzene rings is 2. The van der Waals surface area contributed by atoms with E-state index in [2.05, 4.69) is 22.4 Å². The number of carboxylic acid groups (broad SMARTS) is 1. The van der Waals surface area contributed by atoms with Gasteiger partial charge in [0, 0.05) is 5.92 Å². The molecule has 6 nitrogen and oxygen atoms in total. The summed E-state index contributed by atoms with van der Waals surface area (Å²) in [6, 6.07) is 15.5. The van der Waals surface area contributed by atoms with Gasteiger partial charge in [0.2, 0.25) is 0 Å². The Morgan fingerprint density at radius 2 is 1.80 bits per heavy atom. The van der Waals surface area contributed by atoms with Gasteiger partial charge in [0.15, 0.2) is 0 Å². The Morgan fingerprint density at radius 3 is 2.37 bits per heavy atom. The lowest BCUT2D eigenvalue weighted by molar-refractivity contribution is -0.137. The number of carbonyl (C=O) groups is 2. The molecule has 0 saturated heterocycles. The summed E-state index contributed by atoms with van der Waals surface area (Å²) in [5.74, 6) is -1.07. The smallest absolute Gasteiger partial charge is 0.407 e. The predicted molar refractivity (Wildman–Crippen MR) is 117 cm³/mol. The van der Waals surface area contributed by atoms with E-state index in [0.29, 0.717) is 5.01 Å². The van der Waals surface area contributed by atoms with Crippen LogP contribution in [-0.2, 0) is 9.53 Å². The van der Waals surface area contributed by atoms with Crippen molar-refractivity contribution in [2.75, 3.05) is 12.9 Å². The third-order valence-electron chi connectivity index (χ3n) is 5.02. The van der Waals surface area contributed by atoms with Crippen molar-refractivity contribution in [3.63, 3.8) is 0 Å². The Bertz CT molecular complexity index is 1040. The van der Waals surface area contributed by atoms with Gasteiger partial charge in [-0.05, 0) is 28.5 Å². The predicted octanol–water partition coefficient (Wildman–Crippen LogP) is 4.92. The zero-order valence-corrected chi connectivity index (χ0v) is 17.8. The number of amides is 1. The summed E-state index contributed by atoms with van der Waals surface area (Å²) in [6.07, 6.45) is 2.69. The number of aromatic nitrogens is 1. The molecule has 0 fully saturated rings. The van der Waals surface area contributed by atoms with Gasteiger partial charge in [-0.1, -0.05) is 48.5 Å². The van der Waals surface area contributed by atoms with Crippen LogP contribution in [0.4, 0.5) is 4.79 Å². The molecular formula is C22H20N2O4S2. The van der Waals surface area contributed by atoms with E-state index in [1.54, 1.807) is 6.20 Å². The Morgan fingerprint density at radius 1 is 1.17 bits per heavy atom. The molecule has 0 spiro atoms. The molecule has 1 amide bonds. The molecule has 0 bridgehead atoms. The number of thioether (sulfide) groups is 1. The van der Waals surface area contributed by atoms with Crippen LogP contribution in [0.1, 0.15) is 34.5 Å². The Kier molecular flexibility index (Phi) is 6.06. The maximum atomic E-state index is 12.5. The Hall–Kier alpha value is -2.84. The fourth-order valence-electron chi connectivity index (χ4n) is 3.68. The minimum Gasteiger partial charge on any atom is -0.481 e. The summed E-state index contributed by atoms with van der Waals surface area (Å²) in [6.45, 7) is 0.174. The van der Waals surface area contributed by atoms with E-state index in [0.717, 1.165) is 26.5 Å². The molecule has 1 heterocycles. The topological polar surface area (TPSA) is 88.5 Å². The molecule has 30 heavy (non-hydrogen) atoms. The van der Waals surface area contributed by atoms with Gasteiger partial charge in [-0.3, -0.25) is 4.79 Å². The van der Waals surface area contributed by atoms with Gasteiger partial charge < -0.3 is 15.2 Å². The van der Waals surface area contributed by atoms with Crippen LogP contribution in [0.2, 0.25) is 0 Å². The fourth-order valence-corrected chi connectivity index (χ4v) is 5.13. The SMILES string of the molecule is CSc1cnc([C@H](CC(=O)O)NC(=O)OCC2c3ccccc3-c3ccccc32)s1. The number of rotatable bonds is 7. The van der Waals surface area contributed by atoms with Crippen LogP contribution in [0.3, 0.4) is 0 Å². The number of thiazole rings is 1. The van der Waals surface area contributed by atoms with Crippen molar-refractivity contribution in [1.82, 2.24) is 10.3 Å². The number of aliphatic carboxylic acids is 1. The molecule has 0 radical (unpaired) electrons. The van der Waals surface area contributed by atoms with E-state index in [-0.39, 0.29) is 18.9 Å². The minimum atomic E-state index is -1.01. The van der Waals surface area contributed by atoms with E-state index in [9.17, 15) is 14.7 Å². The number of hydrogen-bond donors (Lipinski definition) is 2. The number of nitrogens with one attached hydrogen (secondary N) is 1. The molecular weight excluding hydrogens is 420 g/mol. The van der Waals surface area contributed by atoms with E-state index in [1.165, 1.54) is 23.1 Å². The summed E-state index contributed by atoms with van der Waals surface area (Å²) in [4.78, 5) is 28.0. The van der Waals surface area contributed by atoms with Gasteiger partial charge in [-0.25, -0.2) is 9.78 Å². The highest BCUT2D eigenvalue weighted by molar-refractivity contribution is 8.00. The zero-order chi connectivity index (χ0) is 21.1. The molecule has 4 rings (SSSR count). The number of hydrogen-bond acceptors (Lipinski definition) is 6. The molecule has 8 heteroatoms. The van der Waals surface area contributed by atoms with Gasteiger partial charge in [-0.2, -0.15) is 0 Å². The maximum Gasteiger partial charge on any atom is 0.407 e. The van der Waals surface area contributed by atoms with Crippen molar-refractivity contribution in [3.8, 4) is 11.1 Å². The molecule has 2 aromatic carbocycles. The lowest BCUT2D eigenvalue weighted by atomic mass is 9.98. The largest absolute Gasteiger partial charge is 0.481 e. The van der Waals surface area contributed by atoms with Gasteiger partial charge in [0.1, 0.15) is 11.6 Å². The van der Waals surface area contributed by atoms with Crippen molar-refractivity contribution >= 4 is 35.2 Å². The normalized spacial score (nSPS) is 13.4. The van der Waals surface area contributed by atoms with Gasteiger partial charge in [0.05, 0.1) is 22.9 Å². The van der Waals surface area contributed by atoms with Crippen LogP contribution in [-0.4, -0.2) is 35.0 Å². The maximum absolute atomic E-state index is 12.5. The molecule has 3 aromatic rings. The number of alkyl carbamates (subject to hydrolysis) is 1. The number of carbonyl (C=O) groups excluding carboxylic acids is 1. The second kappa shape index (κ2) is 8.89. The van der Waals surface area contributed by atoms with E-state index >= 15 is 0 Å². The van der Waals surface area contributed by atoms with E-state index in [1.807, 2.05) is 42.7 Å². The molecule has 154 valence electrons. The average Bonchev–Trinajstić information content (AvgIpc) is 3.35. The Balaban J connectivity index is 1.47. The van der Waals surface area contributed by atoms with Crippen LogP contribution < -0.4 is 5.32 Å². The molecule has 0 aliphatic heterocycles. The van der Waals surface area contributed by atoms with E-state index < -0.39 is 18.1 Å². The second-order valence-electron chi connectivity index (χ2n) is 6.84. The quantitative estimate of drug-likeness (QED) is 0.507. The first-order chi connectivity index (χ1) is 14.6. The molecule has 2 N–H and O–H groups in total. The van der Waals surface area contributed by atoms with E-state index in [4.69, 9.17) is 4.74 Å². The number of carboxylic acids is 1. The second-order valence-corrected chi connectivity index (χ2v) is 9.01. The van der Waals surface area contributed by atoms with Crippen LogP contribution in [0.5, 0.6) is 0 Å². The first-order valence-electron chi connectivity index (χ1n) is 9.40. The molecule has 0 unspecified atom stereocenters. The standard InChI is InChI=1S/C22H20N2O4S2/c1-29-20-11-23-21(30-20)18(10-19(25)26)24-22(27)28-12-17-15-8-4-2-6-13(15)14-7-3-5-9-16(14)17/h2-9,11,17-18H,10,12H2,1H3,(H,24,27)(H,25,26)/t18-/m0/s1. The van der Waals surface area contributed by atoms with Crippen molar-refractivity contribution in [3.05, 3.63) is 70.9 Å². The fraction of sp³-hybridized carbons (Fsp3) is 0.227. The summed E-state index contributed by atoms with van der Waals surface area (Å²) in [5.41, 5.74) is 4.55. The highest BCUT2D eigenvalue weighted by atomic mass is 32.2. The first kappa shape index (κ1) is 20.4. The van der Waals surface area contributed by atoms with Crippen LogP contribution in [0, 0.1) is 0 Å². The lowest BCUT2D eigenvalue weighted by Gasteiger charge is -2.17. The molecule has 1 aliphatic carbocycles. The van der Waals surface area contributed by atoms with Gasteiger partial charge >= 0.3 is 12.1 Å². The van der Waals surface area contributed by atoms with Crippen molar-refractivity contribution in [1.29, 1.82) is 0 Å². The van der Waals surface area contributed by atoms with Crippen LogP contribution >= 0.6 is 23.1 Å². The third-order valence-corrected chi connectivity index (χ3v) is 7.18. The van der Waals surface area contributed by atoms with Crippen molar-refractivity contribution in [2.45, 2.75) is 22.6 Å². The van der Waals surface area contributed by atoms with Gasteiger partial charge in [-0.15, -0.1) is 23.1 Å². The van der Waals surface area contributed by atoms with Gasteiger partial charge in [0.25, 0.3) is 0 Å². The number of nitrogens with zero attached hydrogens (tertiary/aromatic N) is 1. The van der Waals surface area contributed by atoms with Crippen molar-refractivity contribution in [2.24, 2.45) is 0 Å². The molecule has 1 aromatic heterocycles. The first-order valence-corrected chi connectivity index (χ1v) is 11.4. The highest BCUT2D eigenvalue weighted by Crippen LogP contribution is 2.44. The number of ether oxygens (including phenoxy) is 1. The molecule has 0 saturated carbocycles. The third kappa shape index (κ3) is 4.20. The van der Waals surface area contributed by atoms with Crippen LogP contribution in [0.25, 0.3) is 11.1 Å². The summed E-state index contributed by atoms with van der Waals surface area (Å²) in [7, 11) is 0. The Labute approximate surface area is 182 Å². The zero-order valence-electron chi connectivity index (χ0n) is 16.2. The minimum absolute atomic E-state index is 0.0518. The monoisotopic (exact) mass is 440 g/mol. The summed E-state index contributed by atoms with van der Waals surface area (Å²) in [5, 5.41) is 12.4. The molecule has 1 aliphatic rings. The van der Waals surface area contributed by atoms with Crippen LogP contribution in [0.15, 0.2) is 58.9 Å². The number of fused-ring (bicyclic) bond motifs is 3. The highest BCUT2D eigenvalue weighted by Gasteiger charge is 2.29. The lowest BCUT2D eigenvalue weighted by Crippen LogP contribution is -2.31. The summed E-state index contributed by atoms with van der Waals surface area (Å²) >= 11 is 2.89. The molecule has 1 atom stereocenters. The van der Waals surface area contributed by atoms with Crippen molar-refractivity contribution < 1.29 is 19.4 Å². The average molecular weight is 441 g/mol.